The summed E-state index contributed by atoms with van der Waals surface area (Å²) in [4.78, 5) is 23.3. The molecule has 1 aromatic carbocycles. The Labute approximate surface area is 116 Å². The lowest BCUT2D eigenvalue weighted by Gasteiger charge is -2.38. The topological polar surface area (TPSA) is 101 Å². The monoisotopic (exact) mass is 297 g/mol. The zero-order chi connectivity index (χ0) is 15.0. The molecular weight excluding hydrogens is 282 g/mol. The Kier molecular flexibility index (Phi) is 3.56. The number of nitrogens with one attached hydrogen (secondary N) is 1. The molecule has 0 radical (unpaired) electrons. The van der Waals surface area contributed by atoms with Crippen LogP contribution in [0.1, 0.15) is 29.6 Å². The average molecular weight is 297 g/mol. The second kappa shape index (κ2) is 4.90. The summed E-state index contributed by atoms with van der Waals surface area (Å²) in [6.07, 6.45) is 2.57. The van der Waals surface area contributed by atoms with E-state index in [1.165, 1.54) is 24.3 Å². The fraction of sp³-hybridized carbons (Fsp3) is 0.385. The average Bonchev–Trinajstić information content (AvgIpc) is 2.32. The van der Waals surface area contributed by atoms with Crippen LogP contribution in [-0.2, 0) is 14.6 Å². The first kappa shape index (κ1) is 14.5. The lowest BCUT2D eigenvalue weighted by molar-refractivity contribution is -0.148. The second-order valence-corrected chi connectivity index (χ2v) is 7.01. The minimum atomic E-state index is -3.41. The van der Waals surface area contributed by atoms with E-state index in [1.54, 1.807) is 0 Å². The van der Waals surface area contributed by atoms with Gasteiger partial charge >= 0.3 is 5.97 Å². The molecule has 1 aromatic rings. The van der Waals surface area contributed by atoms with Gasteiger partial charge in [0.05, 0.1) is 4.90 Å². The van der Waals surface area contributed by atoms with Gasteiger partial charge in [-0.1, -0.05) is 6.07 Å². The standard InChI is InChI=1S/C13H15NO5S/c1-20(18,19)10-5-2-4-9(8-10)11(15)14-13(12(16)17)6-3-7-13/h2,4-5,8H,3,6-7H2,1H3,(H,14,15)(H,16,17). The normalized spacial score (nSPS) is 17.1. The Morgan fingerprint density at radius 3 is 2.40 bits per heavy atom. The number of hydrogen-bond donors (Lipinski definition) is 2. The zero-order valence-electron chi connectivity index (χ0n) is 10.9. The van der Waals surface area contributed by atoms with Crippen molar-refractivity contribution >= 4 is 21.7 Å². The molecule has 6 nitrogen and oxygen atoms in total. The number of hydrogen-bond acceptors (Lipinski definition) is 4. The number of carboxylic acid groups (broad SMARTS) is 1. The Bertz CT molecular complexity index is 661. The summed E-state index contributed by atoms with van der Waals surface area (Å²) >= 11 is 0. The van der Waals surface area contributed by atoms with Crippen molar-refractivity contribution in [1.82, 2.24) is 5.32 Å². The lowest BCUT2D eigenvalue weighted by Crippen LogP contribution is -2.59. The number of sulfone groups is 1. The third kappa shape index (κ3) is 2.67. The van der Waals surface area contributed by atoms with Gasteiger partial charge in [-0.2, -0.15) is 0 Å². The van der Waals surface area contributed by atoms with Gasteiger partial charge in [-0.25, -0.2) is 13.2 Å². The molecule has 0 heterocycles. The first-order valence-electron chi connectivity index (χ1n) is 6.11. The lowest BCUT2D eigenvalue weighted by atomic mass is 9.76. The van der Waals surface area contributed by atoms with E-state index in [2.05, 4.69) is 5.32 Å². The zero-order valence-corrected chi connectivity index (χ0v) is 11.7. The van der Waals surface area contributed by atoms with E-state index in [9.17, 15) is 18.0 Å². The van der Waals surface area contributed by atoms with Crippen LogP contribution in [0.25, 0.3) is 0 Å². The van der Waals surface area contributed by atoms with Gasteiger partial charge in [-0.05, 0) is 37.5 Å². The molecule has 0 atom stereocenters. The van der Waals surface area contributed by atoms with Crippen molar-refractivity contribution < 1.29 is 23.1 Å². The number of amides is 1. The summed E-state index contributed by atoms with van der Waals surface area (Å²) in [6.45, 7) is 0. The minimum absolute atomic E-state index is 0.0307. The smallest absolute Gasteiger partial charge is 0.329 e. The molecule has 0 spiro atoms. The maximum absolute atomic E-state index is 12.1. The Hall–Kier alpha value is -1.89. The third-order valence-electron chi connectivity index (χ3n) is 3.49. The number of aliphatic carboxylic acids is 1. The quantitative estimate of drug-likeness (QED) is 0.857. The third-order valence-corrected chi connectivity index (χ3v) is 4.60. The van der Waals surface area contributed by atoms with Crippen molar-refractivity contribution in [2.24, 2.45) is 0 Å². The predicted molar refractivity (Wildman–Crippen MR) is 71.2 cm³/mol. The van der Waals surface area contributed by atoms with Crippen molar-refractivity contribution in [3.05, 3.63) is 29.8 Å². The number of rotatable bonds is 4. The van der Waals surface area contributed by atoms with E-state index < -0.39 is 27.3 Å². The summed E-state index contributed by atoms with van der Waals surface area (Å²) < 4.78 is 22.9. The van der Waals surface area contributed by atoms with E-state index in [1.807, 2.05) is 0 Å². The Morgan fingerprint density at radius 2 is 1.95 bits per heavy atom. The largest absolute Gasteiger partial charge is 0.480 e. The highest BCUT2D eigenvalue weighted by atomic mass is 32.2. The van der Waals surface area contributed by atoms with E-state index >= 15 is 0 Å². The fourth-order valence-electron chi connectivity index (χ4n) is 2.08. The summed E-state index contributed by atoms with van der Waals surface area (Å²) in [7, 11) is -3.41. The van der Waals surface area contributed by atoms with Crippen LogP contribution in [0.5, 0.6) is 0 Å². The summed E-state index contributed by atoms with van der Waals surface area (Å²) in [5.41, 5.74) is -1.07. The number of carboxylic acids is 1. The SMILES string of the molecule is CS(=O)(=O)c1cccc(C(=O)NC2(C(=O)O)CCC2)c1. The molecule has 1 fully saturated rings. The number of carbonyl (C=O) groups is 2. The van der Waals surface area contributed by atoms with E-state index in [0.29, 0.717) is 12.8 Å². The van der Waals surface area contributed by atoms with Gasteiger partial charge in [0.1, 0.15) is 5.54 Å². The van der Waals surface area contributed by atoms with Crippen molar-refractivity contribution in [3.63, 3.8) is 0 Å². The van der Waals surface area contributed by atoms with Crippen LogP contribution in [-0.4, -0.2) is 37.2 Å². The Morgan fingerprint density at radius 1 is 1.30 bits per heavy atom. The molecule has 0 unspecified atom stereocenters. The number of benzene rings is 1. The van der Waals surface area contributed by atoms with Crippen LogP contribution in [0.3, 0.4) is 0 Å². The molecule has 0 bridgehead atoms. The molecule has 2 N–H and O–H groups in total. The van der Waals surface area contributed by atoms with Crippen LogP contribution >= 0.6 is 0 Å². The first-order valence-corrected chi connectivity index (χ1v) is 8.00. The summed E-state index contributed by atoms with van der Waals surface area (Å²) in [6, 6.07) is 5.55. The van der Waals surface area contributed by atoms with E-state index in [-0.39, 0.29) is 10.5 Å². The molecule has 1 amide bonds. The van der Waals surface area contributed by atoms with E-state index in [4.69, 9.17) is 5.11 Å². The first-order chi connectivity index (χ1) is 9.24. The van der Waals surface area contributed by atoms with Gasteiger partial charge < -0.3 is 10.4 Å². The second-order valence-electron chi connectivity index (χ2n) is 4.99. The molecule has 0 aromatic heterocycles. The molecule has 108 valence electrons. The molecule has 0 saturated heterocycles. The van der Waals surface area contributed by atoms with Crippen LogP contribution in [0, 0.1) is 0 Å². The van der Waals surface area contributed by atoms with Gasteiger partial charge in [0.25, 0.3) is 5.91 Å². The molecule has 7 heteroatoms. The van der Waals surface area contributed by atoms with Crippen LogP contribution < -0.4 is 5.32 Å². The fourth-order valence-corrected chi connectivity index (χ4v) is 2.75. The molecule has 1 saturated carbocycles. The van der Waals surface area contributed by atoms with Crippen molar-refractivity contribution in [2.45, 2.75) is 29.7 Å². The molecule has 0 aliphatic heterocycles. The molecule has 1 aliphatic carbocycles. The van der Waals surface area contributed by atoms with Gasteiger partial charge in [0.2, 0.25) is 0 Å². The molecule has 20 heavy (non-hydrogen) atoms. The molecule has 1 aliphatic rings. The van der Waals surface area contributed by atoms with E-state index in [0.717, 1.165) is 12.7 Å². The van der Waals surface area contributed by atoms with Gasteiger partial charge in [-0.3, -0.25) is 4.79 Å². The number of carbonyl (C=O) groups excluding carboxylic acids is 1. The molecular formula is C13H15NO5S. The summed E-state index contributed by atoms with van der Waals surface area (Å²) in [5.74, 6) is -1.63. The van der Waals surface area contributed by atoms with Crippen molar-refractivity contribution in [3.8, 4) is 0 Å². The minimum Gasteiger partial charge on any atom is -0.480 e. The van der Waals surface area contributed by atoms with Gasteiger partial charge in [0, 0.05) is 11.8 Å². The maximum atomic E-state index is 12.1. The van der Waals surface area contributed by atoms with Crippen molar-refractivity contribution in [2.75, 3.05) is 6.26 Å². The summed E-state index contributed by atoms with van der Waals surface area (Å²) in [5, 5.41) is 11.6. The van der Waals surface area contributed by atoms with Gasteiger partial charge in [0.15, 0.2) is 9.84 Å². The van der Waals surface area contributed by atoms with Crippen LogP contribution in [0.4, 0.5) is 0 Å². The Balaban J connectivity index is 2.24. The molecule has 2 rings (SSSR count). The highest BCUT2D eigenvalue weighted by Crippen LogP contribution is 2.32. The van der Waals surface area contributed by atoms with Crippen LogP contribution in [0.2, 0.25) is 0 Å². The maximum Gasteiger partial charge on any atom is 0.329 e. The van der Waals surface area contributed by atoms with Crippen LogP contribution in [0.15, 0.2) is 29.2 Å². The van der Waals surface area contributed by atoms with Gasteiger partial charge in [-0.15, -0.1) is 0 Å². The van der Waals surface area contributed by atoms with Crippen molar-refractivity contribution in [1.29, 1.82) is 0 Å². The highest BCUT2D eigenvalue weighted by molar-refractivity contribution is 7.90. The highest BCUT2D eigenvalue weighted by Gasteiger charge is 2.45. The predicted octanol–water partition coefficient (Wildman–Crippen LogP) is 0.827.